The van der Waals surface area contributed by atoms with Gasteiger partial charge in [0.25, 0.3) is 0 Å². The minimum Gasteiger partial charge on any atom is -0.495 e. The van der Waals surface area contributed by atoms with E-state index in [0.717, 1.165) is 0 Å². The molecule has 1 aromatic heterocycles. The lowest BCUT2D eigenvalue weighted by atomic mass is 10.2. The lowest BCUT2D eigenvalue weighted by Crippen LogP contribution is -1.96. The summed E-state index contributed by atoms with van der Waals surface area (Å²) in [5.41, 5.74) is 0.591. The first-order chi connectivity index (χ1) is 9.17. The molecule has 2 rings (SSSR count). The van der Waals surface area contributed by atoms with Gasteiger partial charge in [-0.3, -0.25) is 0 Å². The Kier molecular flexibility index (Phi) is 4.34. The summed E-state index contributed by atoms with van der Waals surface area (Å²) in [7, 11) is 3.05. The third-order valence-corrected chi connectivity index (χ3v) is 2.82. The van der Waals surface area contributed by atoms with E-state index in [9.17, 15) is 0 Å². The van der Waals surface area contributed by atoms with Crippen molar-refractivity contribution < 1.29 is 13.9 Å². The van der Waals surface area contributed by atoms with Gasteiger partial charge in [-0.05, 0) is 0 Å². The molecule has 6 nitrogen and oxygen atoms in total. The Bertz CT molecular complexity index is 574. The number of ether oxygens (including phenoxy) is 2. The molecule has 102 valence electrons. The van der Waals surface area contributed by atoms with Gasteiger partial charge in [0.1, 0.15) is 17.4 Å². The van der Waals surface area contributed by atoms with Crippen molar-refractivity contribution in [1.82, 2.24) is 10.2 Å². The first-order valence-electron chi connectivity index (χ1n) is 5.24. The minimum absolute atomic E-state index is 0.149. The number of nitrogens with zero attached hydrogens (tertiary/aromatic N) is 2. The highest BCUT2D eigenvalue weighted by molar-refractivity contribution is 6.32. The fourth-order valence-electron chi connectivity index (χ4n) is 1.43. The largest absolute Gasteiger partial charge is 0.495 e. The van der Waals surface area contributed by atoms with Crippen LogP contribution >= 0.6 is 23.2 Å². The topological polar surface area (TPSA) is 69.4 Å². The fraction of sp³-hybridized carbons (Fsp3) is 0.273. The molecule has 0 aliphatic carbocycles. The number of anilines is 2. The van der Waals surface area contributed by atoms with Gasteiger partial charge in [-0.25, -0.2) is 0 Å². The Labute approximate surface area is 119 Å². The molecule has 19 heavy (non-hydrogen) atoms. The van der Waals surface area contributed by atoms with Gasteiger partial charge in [0.05, 0.1) is 24.9 Å². The van der Waals surface area contributed by atoms with E-state index in [4.69, 9.17) is 37.1 Å². The molecule has 8 heteroatoms. The number of hydrogen-bond acceptors (Lipinski definition) is 6. The number of methoxy groups -OCH3 is 2. The van der Waals surface area contributed by atoms with Crippen molar-refractivity contribution >= 4 is 34.9 Å². The van der Waals surface area contributed by atoms with Crippen LogP contribution in [0.25, 0.3) is 0 Å². The number of hydrogen-bond donors (Lipinski definition) is 1. The Morgan fingerprint density at radius 3 is 2.53 bits per heavy atom. The van der Waals surface area contributed by atoms with Crippen LogP contribution in [0.1, 0.15) is 5.89 Å². The highest BCUT2D eigenvalue weighted by atomic mass is 35.5. The summed E-state index contributed by atoms with van der Waals surface area (Å²) in [5.74, 6) is 1.50. The predicted molar refractivity (Wildman–Crippen MR) is 71.7 cm³/mol. The van der Waals surface area contributed by atoms with E-state index < -0.39 is 0 Å². The molecule has 0 atom stereocenters. The van der Waals surface area contributed by atoms with Gasteiger partial charge >= 0.3 is 6.01 Å². The van der Waals surface area contributed by atoms with Crippen LogP contribution in [-0.2, 0) is 5.88 Å². The van der Waals surface area contributed by atoms with Crippen LogP contribution in [0.15, 0.2) is 16.5 Å². The molecule has 0 spiro atoms. The number of rotatable bonds is 5. The lowest BCUT2D eigenvalue weighted by Gasteiger charge is -2.11. The molecule has 0 aliphatic heterocycles. The standard InChI is InChI=1S/C11H11Cl2N3O3/c1-17-8-4-7(9(18-2)3-6(8)13)14-11-16-15-10(5-12)19-11/h3-4H,5H2,1-2H3,(H,14,16). The van der Waals surface area contributed by atoms with Gasteiger partial charge < -0.3 is 19.2 Å². The summed E-state index contributed by atoms with van der Waals surface area (Å²) < 4.78 is 15.6. The molecule has 1 heterocycles. The zero-order chi connectivity index (χ0) is 13.8. The molecule has 0 fully saturated rings. The molecule has 2 aromatic rings. The zero-order valence-corrected chi connectivity index (χ0v) is 11.7. The molecule has 0 bridgehead atoms. The van der Waals surface area contributed by atoms with Gasteiger partial charge in [-0.15, -0.1) is 16.7 Å². The lowest BCUT2D eigenvalue weighted by molar-refractivity contribution is 0.404. The average Bonchev–Trinajstić information content (AvgIpc) is 2.88. The van der Waals surface area contributed by atoms with Gasteiger partial charge in [-0.2, -0.15) is 0 Å². The van der Waals surface area contributed by atoms with E-state index in [2.05, 4.69) is 15.5 Å². The molecule has 0 radical (unpaired) electrons. The highest BCUT2D eigenvalue weighted by Crippen LogP contribution is 2.37. The van der Waals surface area contributed by atoms with Gasteiger partial charge in [-0.1, -0.05) is 16.7 Å². The molecule has 1 N–H and O–H groups in total. The predicted octanol–water partition coefficient (Wildman–Crippen LogP) is 3.22. The number of alkyl halides is 1. The number of halogens is 2. The summed E-state index contributed by atoms with van der Waals surface area (Å²) in [5, 5.41) is 10.9. The third-order valence-electron chi connectivity index (χ3n) is 2.30. The van der Waals surface area contributed by atoms with Crippen LogP contribution in [-0.4, -0.2) is 24.4 Å². The first-order valence-corrected chi connectivity index (χ1v) is 6.16. The van der Waals surface area contributed by atoms with Crippen molar-refractivity contribution in [2.45, 2.75) is 5.88 Å². The molecular formula is C11H11Cl2N3O3. The second-order valence-electron chi connectivity index (χ2n) is 3.45. The smallest absolute Gasteiger partial charge is 0.320 e. The maximum Gasteiger partial charge on any atom is 0.320 e. The van der Waals surface area contributed by atoms with Crippen molar-refractivity contribution in [1.29, 1.82) is 0 Å². The van der Waals surface area contributed by atoms with E-state index in [1.54, 1.807) is 12.1 Å². The molecule has 0 amide bonds. The maximum atomic E-state index is 6.01. The number of benzene rings is 1. The maximum absolute atomic E-state index is 6.01. The Morgan fingerprint density at radius 1 is 1.21 bits per heavy atom. The van der Waals surface area contributed by atoms with Crippen LogP contribution in [0.4, 0.5) is 11.7 Å². The van der Waals surface area contributed by atoms with Crippen molar-refractivity contribution in [2.24, 2.45) is 0 Å². The molecule has 0 saturated heterocycles. The summed E-state index contributed by atoms with van der Waals surface area (Å²) >= 11 is 11.6. The van der Waals surface area contributed by atoms with E-state index in [0.29, 0.717) is 28.1 Å². The Morgan fingerprint density at radius 2 is 1.95 bits per heavy atom. The Balaban J connectivity index is 2.32. The summed E-state index contributed by atoms with van der Waals surface area (Å²) in [6.07, 6.45) is 0. The van der Waals surface area contributed by atoms with E-state index in [1.165, 1.54) is 14.2 Å². The monoisotopic (exact) mass is 303 g/mol. The quantitative estimate of drug-likeness (QED) is 0.855. The molecule has 0 saturated carbocycles. The van der Waals surface area contributed by atoms with Crippen molar-refractivity contribution in [3.63, 3.8) is 0 Å². The van der Waals surface area contributed by atoms with Gasteiger partial charge in [0, 0.05) is 12.1 Å². The SMILES string of the molecule is COc1cc(Nc2nnc(CCl)o2)c(OC)cc1Cl. The second kappa shape index (κ2) is 5.99. The second-order valence-corrected chi connectivity index (χ2v) is 4.12. The summed E-state index contributed by atoms with van der Waals surface area (Å²) in [4.78, 5) is 0. The summed E-state index contributed by atoms with van der Waals surface area (Å²) in [6, 6.07) is 3.51. The fourth-order valence-corrected chi connectivity index (χ4v) is 1.77. The zero-order valence-electron chi connectivity index (χ0n) is 10.2. The number of aromatic nitrogens is 2. The van der Waals surface area contributed by atoms with Crippen LogP contribution in [0.3, 0.4) is 0 Å². The number of nitrogens with one attached hydrogen (secondary N) is 1. The minimum atomic E-state index is 0.149. The van der Waals surface area contributed by atoms with Crippen molar-refractivity contribution in [2.75, 3.05) is 19.5 Å². The van der Waals surface area contributed by atoms with Crippen LogP contribution < -0.4 is 14.8 Å². The van der Waals surface area contributed by atoms with Crippen LogP contribution in [0.2, 0.25) is 5.02 Å². The molecule has 1 aromatic carbocycles. The summed E-state index contributed by atoms with van der Waals surface area (Å²) in [6.45, 7) is 0. The van der Waals surface area contributed by atoms with E-state index >= 15 is 0 Å². The first kappa shape index (κ1) is 13.8. The van der Waals surface area contributed by atoms with Crippen molar-refractivity contribution in [3.05, 3.63) is 23.0 Å². The highest BCUT2D eigenvalue weighted by Gasteiger charge is 2.13. The normalized spacial score (nSPS) is 10.3. The average molecular weight is 304 g/mol. The van der Waals surface area contributed by atoms with E-state index in [1.807, 2.05) is 0 Å². The van der Waals surface area contributed by atoms with Gasteiger partial charge in [0.15, 0.2) is 0 Å². The molecule has 0 aliphatic rings. The molecule has 0 unspecified atom stereocenters. The van der Waals surface area contributed by atoms with Crippen molar-refractivity contribution in [3.8, 4) is 11.5 Å². The van der Waals surface area contributed by atoms with Crippen LogP contribution in [0, 0.1) is 0 Å². The van der Waals surface area contributed by atoms with E-state index in [-0.39, 0.29) is 11.9 Å². The van der Waals surface area contributed by atoms with Crippen LogP contribution in [0.5, 0.6) is 11.5 Å². The molecular weight excluding hydrogens is 293 g/mol. The van der Waals surface area contributed by atoms with Gasteiger partial charge in [0.2, 0.25) is 5.89 Å². The Hall–Kier alpha value is -1.66. The third kappa shape index (κ3) is 3.02.